The number of hydrogen-bond donors (Lipinski definition) is 1. The lowest BCUT2D eigenvalue weighted by molar-refractivity contribution is 0.388. The van der Waals surface area contributed by atoms with Crippen LogP contribution in [-0.2, 0) is 0 Å². The summed E-state index contributed by atoms with van der Waals surface area (Å²) in [5, 5.41) is 9.48. The highest BCUT2D eigenvalue weighted by atomic mass is 16.3. The number of nitrogens with zero attached hydrogens (tertiary/aromatic N) is 1. The normalized spacial score (nSPS) is 35.8. The fourth-order valence-electron chi connectivity index (χ4n) is 1.19. The molecule has 64 valence electrons. The highest BCUT2D eigenvalue weighted by Crippen LogP contribution is 2.10. The molecule has 13 heavy (non-hydrogen) atoms. The molecule has 0 spiro atoms. The molecule has 0 fully saturated rings. The van der Waals surface area contributed by atoms with Gasteiger partial charge in [0, 0.05) is 6.21 Å². The van der Waals surface area contributed by atoms with Crippen molar-refractivity contribution in [3.05, 3.63) is 36.1 Å². The zero-order chi connectivity index (χ0) is 9.10. The lowest BCUT2D eigenvalue weighted by Gasteiger charge is -2.08. The Morgan fingerprint density at radius 1 is 1.23 bits per heavy atom. The first-order chi connectivity index (χ1) is 6.36. The molecular weight excluding hydrogens is 162 g/mol. The summed E-state index contributed by atoms with van der Waals surface area (Å²) in [5.74, 6) is 6.26. The quantitative estimate of drug-likeness (QED) is 0.552. The van der Waals surface area contributed by atoms with Gasteiger partial charge in [-0.2, -0.15) is 0 Å². The Balaban J connectivity index is 2.46. The molecule has 1 heterocycles. The van der Waals surface area contributed by atoms with Crippen LogP contribution in [0.5, 0.6) is 0 Å². The maximum absolute atomic E-state index is 9.48. The van der Waals surface area contributed by atoms with E-state index in [9.17, 15) is 5.11 Å². The van der Waals surface area contributed by atoms with Gasteiger partial charge in [-0.1, -0.05) is 30.1 Å². The maximum Gasteiger partial charge on any atom is 0.167 e. The topological polar surface area (TPSA) is 32.6 Å². The first kappa shape index (κ1) is 7.88. The van der Waals surface area contributed by atoms with Crippen molar-refractivity contribution in [2.75, 3.05) is 0 Å². The lowest BCUT2D eigenvalue weighted by atomic mass is 10.0. The summed E-state index contributed by atoms with van der Waals surface area (Å²) >= 11 is 0. The minimum absolute atomic E-state index is 0.138. The molecule has 1 N–H and O–H groups in total. The first-order valence-corrected chi connectivity index (χ1v) is 4.14. The van der Waals surface area contributed by atoms with Crippen LogP contribution in [0.1, 0.15) is 0 Å². The summed E-state index contributed by atoms with van der Waals surface area (Å²) in [6, 6.07) is -0.391. The molecule has 0 saturated heterocycles. The van der Waals surface area contributed by atoms with Crippen LogP contribution in [-0.4, -0.2) is 17.4 Å². The molecule has 0 radical (unpaired) electrons. The van der Waals surface area contributed by atoms with Crippen molar-refractivity contribution in [3.63, 3.8) is 0 Å². The number of rotatable bonds is 0. The molecule has 2 bridgehead atoms. The second-order valence-electron chi connectivity index (χ2n) is 2.88. The van der Waals surface area contributed by atoms with Crippen molar-refractivity contribution < 1.29 is 5.11 Å². The molecule has 0 aromatic rings. The second-order valence-corrected chi connectivity index (χ2v) is 2.88. The van der Waals surface area contributed by atoms with Crippen molar-refractivity contribution in [2.24, 2.45) is 10.9 Å². The van der Waals surface area contributed by atoms with E-state index in [0.717, 1.165) is 0 Å². The molecule has 1 aliphatic heterocycles. The fourth-order valence-corrected chi connectivity index (χ4v) is 1.19. The molecule has 2 nitrogen and oxygen atoms in total. The van der Waals surface area contributed by atoms with Gasteiger partial charge in [0.05, 0.1) is 5.92 Å². The number of hydrogen-bond acceptors (Lipinski definition) is 2. The molecule has 0 aromatic carbocycles. The second kappa shape index (κ2) is 3.32. The van der Waals surface area contributed by atoms with Crippen LogP contribution in [0.3, 0.4) is 0 Å². The summed E-state index contributed by atoms with van der Waals surface area (Å²) in [6.45, 7) is 0. The minimum atomic E-state index is -0.391. The minimum Gasteiger partial charge on any atom is -0.509 e. The smallest absolute Gasteiger partial charge is 0.167 e. The zero-order valence-corrected chi connectivity index (χ0v) is 7.01. The molecule has 2 atom stereocenters. The Bertz CT molecular complexity index is 377. The summed E-state index contributed by atoms with van der Waals surface area (Å²) in [5.41, 5.74) is 0. The number of aliphatic imine (C=N–C) groups is 1. The summed E-state index contributed by atoms with van der Waals surface area (Å²) in [6.07, 6.45) is 10.9. The van der Waals surface area contributed by atoms with Gasteiger partial charge in [0.25, 0.3) is 0 Å². The van der Waals surface area contributed by atoms with E-state index >= 15 is 0 Å². The van der Waals surface area contributed by atoms with Gasteiger partial charge in [0.15, 0.2) is 6.04 Å². The van der Waals surface area contributed by atoms with Gasteiger partial charge < -0.3 is 5.11 Å². The van der Waals surface area contributed by atoms with Crippen LogP contribution in [0.2, 0.25) is 0 Å². The van der Waals surface area contributed by atoms with Gasteiger partial charge in [-0.3, -0.25) is 4.99 Å². The van der Waals surface area contributed by atoms with Crippen LogP contribution in [0, 0.1) is 17.8 Å². The summed E-state index contributed by atoms with van der Waals surface area (Å²) in [4.78, 5) is 4.08. The number of allylic oxidation sites excluding steroid dienone is 5. The van der Waals surface area contributed by atoms with Crippen molar-refractivity contribution in [2.45, 2.75) is 6.04 Å². The van der Waals surface area contributed by atoms with Crippen LogP contribution in [0.25, 0.3) is 0 Å². The molecular formula is C11H9NO. The van der Waals surface area contributed by atoms with Gasteiger partial charge in [-0.05, 0) is 12.2 Å². The number of aliphatic hydroxyl groups excluding tert-OH is 1. The van der Waals surface area contributed by atoms with Gasteiger partial charge in [0.2, 0.25) is 0 Å². The molecule has 2 rings (SSSR count). The van der Waals surface area contributed by atoms with Gasteiger partial charge in [-0.15, -0.1) is 0 Å². The van der Waals surface area contributed by atoms with E-state index in [4.69, 9.17) is 0 Å². The highest BCUT2D eigenvalue weighted by Gasteiger charge is 2.09. The van der Waals surface area contributed by atoms with E-state index < -0.39 is 6.04 Å². The van der Waals surface area contributed by atoms with Crippen LogP contribution in [0.4, 0.5) is 0 Å². The fraction of sp³-hybridized carbons (Fsp3) is 0.182. The predicted octanol–water partition coefficient (Wildman–Crippen LogP) is 1.63. The maximum atomic E-state index is 9.48. The van der Waals surface area contributed by atoms with Crippen molar-refractivity contribution >= 4 is 6.21 Å². The highest BCUT2D eigenvalue weighted by molar-refractivity contribution is 5.72. The molecule has 2 aliphatic rings. The van der Waals surface area contributed by atoms with E-state index in [1.165, 1.54) is 0 Å². The van der Waals surface area contributed by atoms with E-state index in [1.807, 2.05) is 24.3 Å². The van der Waals surface area contributed by atoms with Crippen LogP contribution in [0.15, 0.2) is 41.1 Å². The Labute approximate surface area is 77.0 Å². The third-order valence-corrected chi connectivity index (χ3v) is 1.89. The van der Waals surface area contributed by atoms with Crippen molar-refractivity contribution in [1.82, 2.24) is 0 Å². The monoisotopic (exact) mass is 171 g/mol. The predicted molar refractivity (Wildman–Crippen MR) is 52.5 cm³/mol. The SMILES string of the molecule is O/C1=C/C=C\C2C#CC1N=CC=C2. The Morgan fingerprint density at radius 3 is 3.00 bits per heavy atom. The van der Waals surface area contributed by atoms with E-state index in [0.29, 0.717) is 0 Å². The largest absolute Gasteiger partial charge is 0.509 e. The standard InChI is InChI=1S/C11H9NO/c13-11-5-1-3-9-4-2-8-12-10(11)7-6-9/h1-5,8-10,13H/b3-1-,4-2?,11-5+,12-8?. The molecule has 0 aromatic heterocycles. The lowest BCUT2D eigenvalue weighted by Crippen LogP contribution is -2.08. The molecule has 0 amide bonds. The average molecular weight is 171 g/mol. The summed E-state index contributed by atoms with van der Waals surface area (Å²) in [7, 11) is 0. The third kappa shape index (κ3) is 1.70. The number of aliphatic hydroxyl groups is 1. The van der Waals surface area contributed by atoms with E-state index in [-0.39, 0.29) is 11.7 Å². The number of fused-ring (bicyclic) bond motifs is 2. The van der Waals surface area contributed by atoms with Crippen molar-refractivity contribution in [1.29, 1.82) is 0 Å². The van der Waals surface area contributed by atoms with Gasteiger partial charge in [-0.25, -0.2) is 0 Å². The molecule has 2 unspecified atom stereocenters. The molecule has 2 heteroatoms. The van der Waals surface area contributed by atoms with Crippen molar-refractivity contribution in [3.8, 4) is 11.8 Å². The molecule has 0 saturated carbocycles. The van der Waals surface area contributed by atoms with E-state index in [1.54, 1.807) is 12.3 Å². The Kier molecular flexibility index (Phi) is 2.01. The average Bonchev–Trinajstić information content (AvgIpc) is 2.07. The Hall–Kier alpha value is -1.75. The van der Waals surface area contributed by atoms with Crippen LogP contribution < -0.4 is 0 Å². The van der Waals surface area contributed by atoms with Gasteiger partial charge >= 0.3 is 0 Å². The van der Waals surface area contributed by atoms with E-state index in [2.05, 4.69) is 16.8 Å². The third-order valence-electron chi connectivity index (χ3n) is 1.89. The molecule has 1 aliphatic carbocycles. The van der Waals surface area contributed by atoms with Gasteiger partial charge in [0.1, 0.15) is 5.76 Å². The Morgan fingerprint density at radius 2 is 2.08 bits per heavy atom. The zero-order valence-electron chi connectivity index (χ0n) is 7.01. The summed E-state index contributed by atoms with van der Waals surface area (Å²) < 4.78 is 0. The first-order valence-electron chi connectivity index (χ1n) is 4.14. The van der Waals surface area contributed by atoms with Crippen LogP contribution >= 0.6 is 0 Å².